The van der Waals surface area contributed by atoms with Crippen molar-refractivity contribution in [2.45, 2.75) is 46.1 Å². The fraction of sp³-hybridized carbons (Fsp3) is 0.296. The van der Waals surface area contributed by atoms with Crippen LogP contribution in [-0.4, -0.2) is 27.6 Å². The van der Waals surface area contributed by atoms with Crippen LogP contribution in [0.4, 0.5) is 4.39 Å². The summed E-state index contributed by atoms with van der Waals surface area (Å²) in [6.45, 7) is 5.92. The summed E-state index contributed by atoms with van der Waals surface area (Å²) in [7, 11) is 1.62. The first-order valence-corrected chi connectivity index (χ1v) is 11.3. The van der Waals surface area contributed by atoms with E-state index >= 15 is 0 Å². The van der Waals surface area contributed by atoms with Gasteiger partial charge >= 0.3 is 0 Å². The molecule has 0 saturated carbocycles. The van der Waals surface area contributed by atoms with Gasteiger partial charge in [-0.05, 0) is 74.6 Å². The molecule has 6 nitrogen and oxygen atoms in total. The number of halogens is 1. The minimum absolute atomic E-state index is 0.0570. The van der Waals surface area contributed by atoms with Crippen molar-refractivity contribution in [1.29, 1.82) is 0 Å². The van der Waals surface area contributed by atoms with E-state index < -0.39 is 0 Å². The molecule has 0 aliphatic rings. The number of amides is 1. The third kappa shape index (κ3) is 5.25. The lowest BCUT2D eigenvalue weighted by atomic mass is 9.98. The Kier molecular flexibility index (Phi) is 6.91. The highest BCUT2D eigenvalue weighted by molar-refractivity contribution is 5.77. The Balaban J connectivity index is 1.50. The van der Waals surface area contributed by atoms with Crippen LogP contribution in [0.1, 0.15) is 46.2 Å². The highest BCUT2D eigenvalue weighted by atomic mass is 19.1. The normalized spacial score (nSPS) is 12.0. The maximum absolute atomic E-state index is 13.4. The van der Waals surface area contributed by atoms with Gasteiger partial charge in [0.05, 0.1) is 18.8 Å². The number of carbonyl (C=O) groups excluding carboxylic acids is 1. The van der Waals surface area contributed by atoms with E-state index in [2.05, 4.69) is 15.4 Å². The van der Waals surface area contributed by atoms with Gasteiger partial charge in [0.2, 0.25) is 5.91 Å². The molecule has 2 aromatic carbocycles. The van der Waals surface area contributed by atoms with Gasteiger partial charge in [-0.3, -0.25) is 4.79 Å². The van der Waals surface area contributed by atoms with E-state index in [0.29, 0.717) is 19.3 Å². The molecule has 2 aromatic heterocycles. The highest BCUT2D eigenvalue weighted by Gasteiger charge is 2.18. The van der Waals surface area contributed by atoms with Crippen molar-refractivity contribution in [2.75, 3.05) is 7.11 Å². The molecule has 0 aliphatic carbocycles. The average Bonchev–Trinajstić information content (AvgIpc) is 3.20. The fourth-order valence-electron chi connectivity index (χ4n) is 4.25. The Labute approximate surface area is 198 Å². The van der Waals surface area contributed by atoms with E-state index in [4.69, 9.17) is 4.74 Å². The number of hydrogen-bond donors (Lipinski definition) is 1. The smallest absolute Gasteiger partial charge is 0.220 e. The van der Waals surface area contributed by atoms with Crippen molar-refractivity contribution in [1.82, 2.24) is 19.9 Å². The van der Waals surface area contributed by atoms with Crippen molar-refractivity contribution in [3.8, 4) is 5.75 Å². The van der Waals surface area contributed by atoms with Crippen LogP contribution in [0.5, 0.6) is 5.75 Å². The second-order valence-electron chi connectivity index (χ2n) is 8.54. The molecular weight excluding hydrogens is 431 g/mol. The largest absolute Gasteiger partial charge is 0.497 e. The number of benzene rings is 2. The number of ether oxygens (including phenoxy) is 1. The number of aromatic nitrogens is 3. The highest BCUT2D eigenvalue weighted by Crippen LogP contribution is 2.23. The Morgan fingerprint density at radius 1 is 1.09 bits per heavy atom. The van der Waals surface area contributed by atoms with E-state index in [1.165, 1.54) is 12.1 Å². The Morgan fingerprint density at radius 3 is 2.47 bits per heavy atom. The van der Waals surface area contributed by atoms with Crippen LogP contribution in [0.25, 0.3) is 5.65 Å². The van der Waals surface area contributed by atoms with Crippen molar-refractivity contribution < 1.29 is 13.9 Å². The molecule has 2 heterocycles. The Hall–Kier alpha value is -3.74. The van der Waals surface area contributed by atoms with Crippen molar-refractivity contribution in [2.24, 2.45) is 0 Å². The zero-order chi connectivity index (χ0) is 24.2. The number of nitrogens with one attached hydrogen (secondary N) is 1. The van der Waals surface area contributed by atoms with Gasteiger partial charge in [0.1, 0.15) is 11.6 Å². The molecule has 0 bridgehead atoms. The van der Waals surface area contributed by atoms with Gasteiger partial charge in [-0.25, -0.2) is 13.9 Å². The standard InChI is InChI=1S/C27H29FN4O2/c1-17-15-26-29-18(2)24(19(3)32(26)31-17)13-14-27(33)30-25(16-20-5-9-22(28)10-6-20)21-7-11-23(34-4)12-8-21/h5-12,15,25H,13-14,16H2,1-4H3,(H,30,33). The number of nitrogens with zero attached hydrogens (tertiary/aromatic N) is 3. The number of rotatable bonds is 8. The SMILES string of the molecule is COc1ccc(C(Cc2ccc(F)cc2)NC(=O)CCc2c(C)nc3cc(C)nn3c2C)cc1. The molecule has 34 heavy (non-hydrogen) atoms. The molecule has 176 valence electrons. The lowest BCUT2D eigenvalue weighted by Crippen LogP contribution is -2.30. The molecule has 1 N–H and O–H groups in total. The molecule has 7 heteroatoms. The van der Waals surface area contributed by atoms with Crippen LogP contribution >= 0.6 is 0 Å². The van der Waals surface area contributed by atoms with Gasteiger partial charge in [0, 0.05) is 23.9 Å². The fourth-order valence-corrected chi connectivity index (χ4v) is 4.25. The molecule has 0 saturated heterocycles. The number of hydrogen-bond acceptors (Lipinski definition) is 4. The van der Waals surface area contributed by atoms with Crippen molar-refractivity contribution >= 4 is 11.6 Å². The summed E-state index contributed by atoms with van der Waals surface area (Å²) in [5.41, 5.74) is 6.58. The molecule has 0 fully saturated rings. The molecular formula is C27H29FN4O2. The first-order valence-electron chi connectivity index (χ1n) is 11.3. The van der Waals surface area contributed by atoms with Gasteiger partial charge in [-0.15, -0.1) is 0 Å². The summed E-state index contributed by atoms with van der Waals surface area (Å²) in [5.74, 6) is 0.411. The first kappa shape index (κ1) is 23.4. The van der Waals surface area contributed by atoms with Crippen LogP contribution in [0.15, 0.2) is 54.6 Å². The van der Waals surface area contributed by atoms with Crippen LogP contribution in [0, 0.1) is 26.6 Å². The van der Waals surface area contributed by atoms with Crippen molar-refractivity contribution in [3.63, 3.8) is 0 Å². The van der Waals surface area contributed by atoms with Gasteiger partial charge in [0.25, 0.3) is 0 Å². The molecule has 4 rings (SSSR count). The molecule has 4 aromatic rings. The lowest BCUT2D eigenvalue weighted by Gasteiger charge is -2.20. The summed E-state index contributed by atoms with van der Waals surface area (Å²) in [5, 5.41) is 7.68. The first-order chi connectivity index (χ1) is 16.3. The van der Waals surface area contributed by atoms with Gasteiger partial charge in [0.15, 0.2) is 5.65 Å². The van der Waals surface area contributed by atoms with E-state index in [1.54, 1.807) is 19.2 Å². The minimum atomic E-state index is -0.280. The molecule has 1 unspecified atom stereocenters. The van der Waals surface area contributed by atoms with Gasteiger partial charge in [-0.2, -0.15) is 5.10 Å². The second kappa shape index (κ2) is 10.0. The molecule has 1 atom stereocenters. The number of methoxy groups -OCH3 is 1. The molecule has 0 radical (unpaired) electrons. The quantitative estimate of drug-likeness (QED) is 0.409. The summed E-state index contributed by atoms with van der Waals surface area (Å²) in [6.07, 6.45) is 1.44. The molecule has 0 aliphatic heterocycles. The maximum Gasteiger partial charge on any atom is 0.220 e. The summed E-state index contributed by atoms with van der Waals surface area (Å²) >= 11 is 0. The minimum Gasteiger partial charge on any atom is -0.497 e. The summed E-state index contributed by atoms with van der Waals surface area (Å²) in [4.78, 5) is 17.7. The van der Waals surface area contributed by atoms with Crippen LogP contribution in [0.3, 0.4) is 0 Å². The Bertz CT molecular complexity index is 1300. The van der Waals surface area contributed by atoms with E-state index in [0.717, 1.165) is 45.2 Å². The molecule has 1 amide bonds. The van der Waals surface area contributed by atoms with E-state index in [-0.39, 0.29) is 17.8 Å². The second-order valence-corrected chi connectivity index (χ2v) is 8.54. The number of fused-ring (bicyclic) bond motifs is 1. The number of carbonyl (C=O) groups is 1. The average molecular weight is 461 g/mol. The van der Waals surface area contributed by atoms with Gasteiger partial charge in [-0.1, -0.05) is 24.3 Å². The monoisotopic (exact) mass is 460 g/mol. The van der Waals surface area contributed by atoms with E-state index in [1.807, 2.05) is 55.6 Å². The predicted molar refractivity (Wildman–Crippen MR) is 130 cm³/mol. The van der Waals surface area contributed by atoms with Gasteiger partial charge < -0.3 is 10.1 Å². The van der Waals surface area contributed by atoms with Crippen LogP contribution in [-0.2, 0) is 17.6 Å². The lowest BCUT2D eigenvalue weighted by molar-refractivity contribution is -0.121. The third-order valence-corrected chi connectivity index (χ3v) is 6.09. The van der Waals surface area contributed by atoms with E-state index in [9.17, 15) is 9.18 Å². The Morgan fingerprint density at radius 2 is 1.79 bits per heavy atom. The zero-order valence-electron chi connectivity index (χ0n) is 19.9. The summed E-state index contributed by atoms with van der Waals surface area (Å²) < 4.78 is 20.5. The number of aryl methyl sites for hydroxylation is 3. The topological polar surface area (TPSA) is 68.5 Å². The third-order valence-electron chi connectivity index (χ3n) is 6.09. The molecule has 0 spiro atoms. The summed E-state index contributed by atoms with van der Waals surface area (Å²) in [6, 6.07) is 15.7. The van der Waals surface area contributed by atoms with Crippen LogP contribution < -0.4 is 10.1 Å². The predicted octanol–water partition coefficient (Wildman–Crippen LogP) is 4.84. The zero-order valence-corrected chi connectivity index (χ0v) is 19.9. The van der Waals surface area contributed by atoms with Crippen molar-refractivity contribution in [3.05, 3.63) is 94.2 Å². The van der Waals surface area contributed by atoms with Crippen LogP contribution in [0.2, 0.25) is 0 Å². The maximum atomic E-state index is 13.4.